The Morgan fingerprint density at radius 1 is 0.806 bits per heavy atom. The first-order chi connectivity index (χ1) is 32.2. The van der Waals surface area contributed by atoms with Crippen molar-refractivity contribution in [2.24, 2.45) is 5.92 Å². The third-order valence-electron chi connectivity index (χ3n) is 12.6. The highest BCUT2D eigenvalue weighted by Crippen LogP contribution is 2.23. The molecule has 2 saturated heterocycles. The van der Waals surface area contributed by atoms with E-state index in [4.69, 9.17) is 0 Å². The summed E-state index contributed by atoms with van der Waals surface area (Å²) in [5, 5.41) is 33.7. The number of hydrogen-bond acceptors (Lipinski definition) is 9. The molecule has 0 spiro atoms. The monoisotopic (exact) mass is 921 g/mol. The second-order valence-corrected chi connectivity index (χ2v) is 18.0. The maximum absolute atomic E-state index is 14.3. The van der Waals surface area contributed by atoms with E-state index in [2.05, 4.69) is 26.2 Å². The van der Waals surface area contributed by atoms with E-state index in [9.17, 15) is 43.4 Å². The van der Waals surface area contributed by atoms with Crippen LogP contribution in [0, 0.1) is 11.7 Å². The van der Waals surface area contributed by atoms with Gasteiger partial charge in [-0.25, -0.2) is 4.39 Å². The van der Waals surface area contributed by atoms with Gasteiger partial charge in [-0.3, -0.25) is 28.8 Å². The highest BCUT2D eigenvalue weighted by Gasteiger charge is 2.42. The van der Waals surface area contributed by atoms with Crippen LogP contribution in [0.25, 0.3) is 10.8 Å². The molecule has 6 rings (SSSR count). The molecule has 4 aromatic carbocycles. The fraction of sp³-hybridized carbons (Fsp3) is 0.451. The molecule has 15 nitrogen and oxygen atoms in total. The number of rotatable bonds is 22. The average molecular weight is 922 g/mol. The lowest BCUT2D eigenvalue weighted by Gasteiger charge is -2.32. The van der Waals surface area contributed by atoms with Crippen molar-refractivity contribution < 1.29 is 43.4 Å². The normalized spacial score (nSPS) is 16.9. The predicted molar refractivity (Wildman–Crippen MR) is 252 cm³/mol. The largest absolute Gasteiger partial charge is 0.508 e. The Kier molecular flexibility index (Phi) is 17.8. The lowest BCUT2D eigenvalue weighted by molar-refractivity contribution is -0.144. The molecule has 0 saturated carbocycles. The van der Waals surface area contributed by atoms with Gasteiger partial charge in [-0.2, -0.15) is 0 Å². The molecule has 5 unspecified atom stereocenters. The predicted octanol–water partition coefficient (Wildman–Crippen LogP) is 3.24. The zero-order chi connectivity index (χ0) is 48.0. The number of amides is 6. The first-order valence-corrected chi connectivity index (χ1v) is 23.3. The van der Waals surface area contributed by atoms with Crippen molar-refractivity contribution in [2.45, 2.75) is 95.4 Å². The van der Waals surface area contributed by atoms with E-state index >= 15 is 0 Å². The lowest BCUT2D eigenvalue weighted by Crippen LogP contribution is -2.59. The summed E-state index contributed by atoms with van der Waals surface area (Å²) in [4.78, 5) is 88.8. The van der Waals surface area contributed by atoms with Crippen molar-refractivity contribution in [1.29, 1.82) is 0 Å². The van der Waals surface area contributed by atoms with Crippen molar-refractivity contribution in [3.8, 4) is 5.75 Å². The number of aliphatic hydroxyl groups is 1. The fourth-order valence-electron chi connectivity index (χ4n) is 8.89. The number of carbonyl (C=O) groups excluding carboxylic acids is 6. The van der Waals surface area contributed by atoms with Crippen LogP contribution in [-0.4, -0.2) is 137 Å². The van der Waals surface area contributed by atoms with Gasteiger partial charge in [0.15, 0.2) is 0 Å². The highest BCUT2D eigenvalue weighted by molar-refractivity contribution is 5.97. The molecule has 2 aliphatic heterocycles. The molecular weight excluding hydrogens is 858 g/mol. The summed E-state index contributed by atoms with van der Waals surface area (Å²) < 4.78 is 13.5. The lowest BCUT2D eigenvalue weighted by atomic mass is 9.98. The van der Waals surface area contributed by atoms with Crippen LogP contribution in [-0.2, 0) is 48.0 Å². The zero-order valence-electron chi connectivity index (χ0n) is 38.6. The Morgan fingerprint density at radius 2 is 1.49 bits per heavy atom. The topological polar surface area (TPSA) is 201 Å². The van der Waals surface area contributed by atoms with Gasteiger partial charge in [-0.05, 0) is 103 Å². The molecule has 6 amide bonds. The van der Waals surface area contributed by atoms with Gasteiger partial charge < -0.3 is 46.2 Å². The smallest absolute Gasteiger partial charge is 0.247 e. The van der Waals surface area contributed by atoms with Gasteiger partial charge in [0, 0.05) is 45.9 Å². The van der Waals surface area contributed by atoms with Crippen LogP contribution in [0.2, 0.25) is 0 Å². The van der Waals surface area contributed by atoms with Crippen LogP contribution in [0.15, 0.2) is 91.0 Å². The first-order valence-electron chi connectivity index (χ1n) is 23.3. The number of nitrogens with one attached hydrogen (secondary N) is 4. The summed E-state index contributed by atoms with van der Waals surface area (Å²) >= 11 is 0. The summed E-state index contributed by atoms with van der Waals surface area (Å²) in [5.74, 6) is -3.68. The van der Waals surface area contributed by atoms with Gasteiger partial charge >= 0.3 is 0 Å². The second kappa shape index (κ2) is 23.9. The number of hydrogen-bond donors (Lipinski definition) is 6. The number of carbonyl (C=O) groups is 6. The molecule has 2 fully saturated rings. The van der Waals surface area contributed by atoms with E-state index in [-0.39, 0.29) is 56.2 Å². The van der Waals surface area contributed by atoms with Crippen molar-refractivity contribution in [1.82, 2.24) is 36.0 Å². The third kappa shape index (κ3) is 13.8. The van der Waals surface area contributed by atoms with Crippen molar-refractivity contribution >= 4 is 46.2 Å². The second-order valence-electron chi connectivity index (χ2n) is 18.0. The van der Waals surface area contributed by atoms with Gasteiger partial charge in [0.2, 0.25) is 35.4 Å². The number of likely N-dealkylation sites (tertiary alicyclic amines) is 2. The molecule has 358 valence electrons. The van der Waals surface area contributed by atoms with E-state index in [0.29, 0.717) is 18.5 Å². The molecule has 0 aliphatic carbocycles. The molecule has 67 heavy (non-hydrogen) atoms. The number of nitrogens with zero attached hydrogens (tertiary/aromatic N) is 3. The maximum Gasteiger partial charge on any atom is 0.247 e. The minimum Gasteiger partial charge on any atom is -0.508 e. The number of benzene rings is 4. The molecule has 16 heteroatoms. The Balaban J connectivity index is 1.17. The third-order valence-corrected chi connectivity index (χ3v) is 12.6. The highest BCUT2D eigenvalue weighted by atomic mass is 19.1. The van der Waals surface area contributed by atoms with E-state index in [1.165, 1.54) is 36.2 Å². The summed E-state index contributed by atoms with van der Waals surface area (Å²) in [5.41, 5.74) is 2.05. The Hall–Kier alpha value is -6.39. The SMILES string of the molecule is CC(C)CC(C(=O)NCCN1CCCC1)N1CCC(NC(=O)C(Cc2ccc(O)cc2)N(C)C(=O)C(CO)NC(=O)C(Cc2cccc3ccccc23)NC(=O)CCc2ccc(F)cc2)C1=O. The van der Waals surface area contributed by atoms with Crippen molar-refractivity contribution in [3.05, 3.63) is 114 Å². The molecule has 6 N–H and O–H groups in total. The Bertz CT molecular complexity index is 2330. The van der Waals surface area contributed by atoms with Crippen LogP contribution < -0.4 is 21.3 Å². The van der Waals surface area contributed by atoms with Crippen molar-refractivity contribution in [3.63, 3.8) is 0 Å². The first kappa shape index (κ1) is 50.0. The Morgan fingerprint density at radius 3 is 2.19 bits per heavy atom. The van der Waals surface area contributed by atoms with Crippen molar-refractivity contribution in [2.75, 3.05) is 46.4 Å². The summed E-state index contributed by atoms with van der Waals surface area (Å²) in [7, 11) is 1.36. The standard InChI is InChI=1S/C51H64FN7O8/c1-33(2)29-45(48(64)53-24-28-58-25-6-7-26-58)59-27-23-41(51(59)67)55-49(65)44(30-35-15-20-39(61)21-16-35)57(3)50(66)43(32-60)56-47(63)42(31-37-11-8-10-36-9-4-5-12-40(36)37)54-46(62)22-17-34-13-18-38(52)19-14-34/h4-5,8-16,18-21,33,41-45,60-61H,6-7,17,22-32H2,1-3H3,(H,53,64)(H,54,62)(H,55,65)(H,56,63). The molecule has 2 aliphatic rings. The van der Waals surface area contributed by atoms with Gasteiger partial charge in [0.25, 0.3) is 0 Å². The molecular formula is C51H64FN7O8. The van der Waals surface area contributed by atoms with Crippen LogP contribution in [0.1, 0.15) is 62.6 Å². The summed E-state index contributed by atoms with van der Waals surface area (Å²) in [6.07, 6.45) is 3.16. The summed E-state index contributed by atoms with van der Waals surface area (Å²) in [6.45, 7) is 6.52. The van der Waals surface area contributed by atoms with Crippen LogP contribution in [0.3, 0.4) is 0 Å². The van der Waals surface area contributed by atoms with Crippen LogP contribution in [0.5, 0.6) is 5.75 Å². The molecule has 5 atom stereocenters. The van der Waals surface area contributed by atoms with Gasteiger partial charge in [-0.1, -0.05) is 80.6 Å². The molecule has 0 radical (unpaired) electrons. The molecule has 4 aromatic rings. The number of halogens is 1. The number of phenols is 1. The molecule has 0 aromatic heterocycles. The zero-order valence-corrected chi connectivity index (χ0v) is 38.6. The fourth-order valence-corrected chi connectivity index (χ4v) is 8.89. The van der Waals surface area contributed by atoms with Gasteiger partial charge in [-0.15, -0.1) is 0 Å². The number of fused-ring (bicyclic) bond motifs is 1. The van der Waals surface area contributed by atoms with E-state index in [0.717, 1.165) is 59.3 Å². The number of aromatic hydroxyl groups is 1. The molecule has 0 bridgehead atoms. The summed E-state index contributed by atoms with van der Waals surface area (Å²) in [6, 6.07) is 19.3. The maximum atomic E-state index is 14.3. The van der Waals surface area contributed by atoms with E-state index in [1.807, 2.05) is 56.3 Å². The van der Waals surface area contributed by atoms with Crippen LogP contribution >= 0.6 is 0 Å². The Labute approximate surface area is 391 Å². The van der Waals surface area contributed by atoms with E-state index in [1.54, 1.807) is 24.3 Å². The minimum atomic E-state index is -1.55. The number of aliphatic hydroxyl groups excluding tert-OH is 1. The van der Waals surface area contributed by atoms with E-state index < -0.39 is 72.2 Å². The quantitative estimate of drug-likeness (QED) is 0.0685. The number of aryl methyl sites for hydroxylation is 1. The average Bonchev–Trinajstić information content (AvgIpc) is 3.97. The van der Waals surface area contributed by atoms with Gasteiger partial charge in [0.05, 0.1) is 6.61 Å². The number of likely N-dealkylation sites (N-methyl/N-ethyl adjacent to an activating group) is 1. The van der Waals surface area contributed by atoms with Gasteiger partial charge in [0.1, 0.15) is 41.8 Å². The van der Waals surface area contributed by atoms with Crippen LogP contribution in [0.4, 0.5) is 4.39 Å². The minimum absolute atomic E-state index is 0.00878. The number of phenolic OH excluding ortho intramolecular Hbond substituents is 1. The molecule has 2 heterocycles.